The molecular weight excluding hydrogens is 410 g/mol. The van der Waals surface area contributed by atoms with Crippen molar-refractivity contribution in [3.63, 3.8) is 0 Å². The summed E-state index contributed by atoms with van der Waals surface area (Å²) >= 11 is 0. The Labute approximate surface area is 185 Å². The molecule has 1 aromatic heterocycles. The lowest BCUT2D eigenvalue weighted by molar-refractivity contribution is -0.153. The number of hydrogen-bond donors (Lipinski definition) is 0. The maximum atomic E-state index is 12.8. The highest BCUT2D eigenvalue weighted by atomic mass is 16.6. The number of benzene rings is 2. The SMILES string of the molecule is CC(=O)N1CC(C(=O)OCc2cc(=O)oc3cc(C)c(C(C)C)cc23)Oc2ccccc21. The van der Waals surface area contributed by atoms with Crippen LogP contribution < -0.4 is 15.3 Å². The number of rotatable bonds is 4. The van der Waals surface area contributed by atoms with E-state index in [-0.39, 0.29) is 25.0 Å². The van der Waals surface area contributed by atoms with Crippen LogP contribution in [0.25, 0.3) is 11.0 Å². The lowest BCUT2D eigenvalue weighted by Crippen LogP contribution is -2.47. The van der Waals surface area contributed by atoms with Gasteiger partial charge in [0.25, 0.3) is 0 Å². The van der Waals surface area contributed by atoms with E-state index in [9.17, 15) is 14.4 Å². The highest BCUT2D eigenvalue weighted by Gasteiger charge is 2.33. The molecule has 0 N–H and O–H groups in total. The Hall–Kier alpha value is -3.61. The molecule has 0 radical (unpaired) electrons. The van der Waals surface area contributed by atoms with Crippen LogP contribution in [0.5, 0.6) is 5.75 Å². The van der Waals surface area contributed by atoms with E-state index >= 15 is 0 Å². The van der Waals surface area contributed by atoms with E-state index in [4.69, 9.17) is 13.9 Å². The summed E-state index contributed by atoms with van der Waals surface area (Å²) in [6.45, 7) is 7.54. The van der Waals surface area contributed by atoms with Gasteiger partial charge < -0.3 is 18.8 Å². The molecule has 2 aromatic carbocycles. The van der Waals surface area contributed by atoms with Crippen molar-refractivity contribution in [2.45, 2.75) is 46.3 Å². The van der Waals surface area contributed by atoms with Crippen LogP contribution in [0.2, 0.25) is 0 Å². The van der Waals surface area contributed by atoms with E-state index in [1.807, 2.05) is 19.1 Å². The molecule has 0 saturated heterocycles. The number of carbonyl (C=O) groups is 2. The number of amides is 1. The fourth-order valence-corrected chi connectivity index (χ4v) is 4.03. The highest BCUT2D eigenvalue weighted by Crippen LogP contribution is 2.33. The van der Waals surface area contributed by atoms with Crippen LogP contribution in [0.15, 0.2) is 51.7 Å². The zero-order chi connectivity index (χ0) is 23.0. The van der Waals surface area contributed by atoms with Gasteiger partial charge in [0.1, 0.15) is 17.9 Å². The molecule has 0 aliphatic carbocycles. The molecule has 32 heavy (non-hydrogen) atoms. The minimum absolute atomic E-state index is 0.0551. The lowest BCUT2D eigenvalue weighted by atomic mass is 9.95. The molecule has 0 fully saturated rings. The van der Waals surface area contributed by atoms with Gasteiger partial charge in [-0.05, 0) is 48.2 Å². The van der Waals surface area contributed by atoms with Gasteiger partial charge in [-0.1, -0.05) is 26.0 Å². The normalized spacial score (nSPS) is 15.4. The summed E-state index contributed by atoms with van der Waals surface area (Å²) in [6, 6.07) is 12.2. The summed E-state index contributed by atoms with van der Waals surface area (Å²) in [5.74, 6) is -0.0705. The van der Waals surface area contributed by atoms with Crippen LogP contribution in [0.4, 0.5) is 5.69 Å². The van der Waals surface area contributed by atoms with Gasteiger partial charge in [0.2, 0.25) is 12.0 Å². The fourth-order valence-electron chi connectivity index (χ4n) is 4.03. The van der Waals surface area contributed by atoms with Crippen LogP contribution in [0.1, 0.15) is 43.4 Å². The summed E-state index contributed by atoms with van der Waals surface area (Å²) in [4.78, 5) is 38.4. The first-order chi connectivity index (χ1) is 15.2. The number of para-hydroxylation sites is 2. The number of fused-ring (bicyclic) bond motifs is 2. The van der Waals surface area contributed by atoms with Crippen molar-refractivity contribution in [2.24, 2.45) is 0 Å². The van der Waals surface area contributed by atoms with Crippen LogP contribution in [0.3, 0.4) is 0 Å². The van der Waals surface area contributed by atoms with Gasteiger partial charge >= 0.3 is 11.6 Å². The van der Waals surface area contributed by atoms with E-state index in [0.717, 1.165) is 16.5 Å². The fraction of sp³-hybridized carbons (Fsp3) is 0.320. The Morgan fingerprint density at radius 1 is 1.19 bits per heavy atom. The summed E-state index contributed by atoms with van der Waals surface area (Å²) in [5, 5.41) is 0.729. The van der Waals surface area contributed by atoms with E-state index in [2.05, 4.69) is 13.8 Å². The molecule has 4 rings (SSSR count). The quantitative estimate of drug-likeness (QED) is 0.453. The van der Waals surface area contributed by atoms with Crippen molar-refractivity contribution in [3.8, 4) is 5.75 Å². The van der Waals surface area contributed by atoms with Gasteiger partial charge in [-0.2, -0.15) is 0 Å². The zero-order valence-electron chi connectivity index (χ0n) is 18.5. The second kappa shape index (κ2) is 8.49. The van der Waals surface area contributed by atoms with Crippen LogP contribution in [-0.2, 0) is 20.9 Å². The third-order valence-corrected chi connectivity index (χ3v) is 5.63. The van der Waals surface area contributed by atoms with E-state index in [0.29, 0.717) is 22.6 Å². The van der Waals surface area contributed by atoms with Gasteiger partial charge in [-0.3, -0.25) is 4.79 Å². The molecule has 1 unspecified atom stereocenters. The van der Waals surface area contributed by atoms with Crippen LogP contribution in [-0.4, -0.2) is 24.5 Å². The number of nitrogens with zero attached hydrogens (tertiary/aromatic N) is 1. The first-order valence-corrected chi connectivity index (χ1v) is 10.5. The summed E-state index contributed by atoms with van der Waals surface area (Å²) in [7, 11) is 0. The van der Waals surface area contributed by atoms with Crippen molar-refractivity contribution in [3.05, 3.63) is 69.6 Å². The third-order valence-electron chi connectivity index (χ3n) is 5.63. The maximum Gasteiger partial charge on any atom is 0.349 e. The Kier molecular flexibility index (Phi) is 5.74. The first-order valence-electron chi connectivity index (χ1n) is 10.5. The topological polar surface area (TPSA) is 86.0 Å². The van der Waals surface area contributed by atoms with Gasteiger partial charge in [0, 0.05) is 23.9 Å². The van der Waals surface area contributed by atoms with Gasteiger partial charge in [-0.25, -0.2) is 9.59 Å². The molecule has 7 nitrogen and oxygen atoms in total. The van der Waals surface area contributed by atoms with Crippen molar-refractivity contribution in [1.82, 2.24) is 0 Å². The zero-order valence-corrected chi connectivity index (χ0v) is 18.5. The predicted octanol–water partition coefficient (Wildman–Crippen LogP) is 4.08. The molecule has 0 bridgehead atoms. The largest absolute Gasteiger partial charge is 0.475 e. The minimum Gasteiger partial charge on any atom is -0.475 e. The Balaban J connectivity index is 1.59. The van der Waals surface area contributed by atoms with Crippen LogP contribution >= 0.6 is 0 Å². The second-order valence-corrected chi connectivity index (χ2v) is 8.26. The summed E-state index contributed by atoms with van der Waals surface area (Å²) < 4.78 is 16.7. The molecule has 3 aromatic rings. The Morgan fingerprint density at radius 2 is 1.94 bits per heavy atom. The van der Waals surface area contributed by atoms with Crippen molar-refractivity contribution in [2.75, 3.05) is 11.4 Å². The highest BCUT2D eigenvalue weighted by molar-refractivity contribution is 5.95. The smallest absolute Gasteiger partial charge is 0.349 e. The van der Waals surface area contributed by atoms with Gasteiger partial charge in [0.05, 0.1) is 12.2 Å². The molecular formula is C25H25NO6. The van der Waals surface area contributed by atoms with Crippen LogP contribution in [0, 0.1) is 6.92 Å². The second-order valence-electron chi connectivity index (χ2n) is 8.26. The van der Waals surface area contributed by atoms with Gasteiger partial charge in [0.15, 0.2) is 0 Å². The van der Waals surface area contributed by atoms with Crippen molar-refractivity contribution >= 4 is 28.5 Å². The molecule has 166 valence electrons. The third kappa shape index (κ3) is 4.10. The molecule has 1 amide bonds. The monoisotopic (exact) mass is 435 g/mol. The molecule has 2 heterocycles. The van der Waals surface area contributed by atoms with E-state index in [1.165, 1.54) is 17.9 Å². The Bertz CT molecular complexity index is 1260. The number of anilines is 1. The van der Waals surface area contributed by atoms with Crippen molar-refractivity contribution < 1.29 is 23.5 Å². The Morgan fingerprint density at radius 3 is 2.66 bits per heavy atom. The average molecular weight is 435 g/mol. The number of ether oxygens (including phenoxy) is 2. The molecule has 1 aliphatic heterocycles. The first kappa shape index (κ1) is 21.6. The molecule has 7 heteroatoms. The standard InChI is InChI=1S/C25H25NO6/c1-14(2)18-11-19-17(10-24(28)32-22(19)9-15(18)3)13-30-25(29)23-12-26(16(4)27)20-7-5-6-8-21(20)31-23/h5-11,14,23H,12-13H2,1-4H3. The average Bonchev–Trinajstić information content (AvgIpc) is 2.75. The van der Waals surface area contributed by atoms with E-state index < -0.39 is 17.7 Å². The molecule has 1 aliphatic rings. The number of hydrogen-bond acceptors (Lipinski definition) is 6. The molecule has 1 atom stereocenters. The lowest BCUT2D eigenvalue weighted by Gasteiger charge is -2.33. The predicted molar refractivity (Wildman–Crippen MR) is 120 cm³/mol. The summed E-state index contributed by atoms with van der Waals surface area (Å²) in [5.41, 5.74) is 3.28. The maximum absolute atomic E-state index is 12.8. The number of esters is 1. The van der Waals surface area contributed by atoms with Crippen molar-refractivity contribution in [1.29, 1.82) is 0 Å². The molecule has 0 saturated carbocycles. The molecule has 0 spiro atoms. The van der Waals surface area contributed by atoms with E-state index in [1.54, 1.807) is 24.3 Å². The van der Waals surface area contributed by atoms with Gasteiger partial charge in [-0.15, -0.1) is 0 Å². The minimum atomic E-state index is -0.964. The number of aryl methyl sites for hydroxylation is 1. The summed E-state index contributed by atoms with van der Waals surface area (Å²) in [6.07, 6.45) is -0.964. The number of carbonyl (C=O) groups excluding carboxylic acids is 2.